The highest BCUT2D eigenvalue weighted by atomic mass is 16.6. The van der Waals surface area contributed by atoms with Gasteiger partial charge in [0.25, 0.3) is 0 Å². The molecular weight excluding hydrogens is 514 g/mol. The molecular formula is C30H37N3O7. The van der Waals surface area contributed by atoms with Gasteiger partial charge < -0.3 is 30.5 Å². The van der Waals surface area contributed by atoms with Crippen molar-refractivity contribution >= 4 is 23.9 Å². The molecule has 214 valence electrons. The molecule has 0 fully saturated rings. The van der Waals surface area contributed by atoms with Crippen molar-refractivity contribution in [2.45, 2.75) is 57.3 Å². The lowest BCUT2D eigenvalue weighted by atomic mass is 9.97. The summed E-state index contributed by atoms with van der Waals surface area (Å²) >= 11 is 0. The van der Waals surface area contributed by atoms with Crippen molar-refractivity contribution in [2.75, 3.05) is 13.2 Å². The third-order valence-corrected chi connectivity index (χ3v) is 6.33. The number of aliphatic hydroxyl groups is 1. The lowest BCUT2D eigenvalue weighted by molar-refractivity contribution is -0.147. The van der Waals surface area contributed by atoms with Gasteiger partial charge in [0.05, 0.1) is 24.6 Å². The molecule has 1 aliphatic rings. The zero-order valence-corrected chi connectivity index (χ0v) is 22.6. The van der Waals surface area contributed by atoms with Gasteiger partial charge in [0.2, 0.25) is 11.8 Å². The Morgan fingerprint density at radius 3 is 2.35 bits per heavy atom. The number of carbonyl (C=O) groups excluding carboxylic acids is 4. The second-order valence-corrected chi connectivity index (χ2v) is 9.78. The van der Waals surface area contributed by atoms with Gasteiger partial charge in [0.15, 0.2) is 0 Å². The molecule has 10 heteroatoms. The van der Waals surface area contributed by atoms with Crippen LogP contribution in [-0.2, 0) is 36.9 Å². The molecule has 0 unspecified atom stereocenters. The van der Waals surface area contributed by atoms with Crippen LogP contribution in [0.15, 0.2) is 72.8 Å². The van der Waals surface area contributed by atoms with Gasteiger partial charge in [0, 0.05) is 6.42 Å². The van der Waals surface area contributed by atoms with E-state index in [-0.39, 0.29) is 50.9 Å². The third kappa shape index (κ3) is 10.5. The number of carbonyl (C=O) groups is 4. The SMILES string of the molecule is C[C@H]1COC(=O)[C@H](NC(=O)OCc2ccccc2)CC=CC[C@H](CC(=O)N[C@H](CO)Cc2ccccc2)C(=O)N1. The lowest BCUT2D eigenvalue weighted by Gasteiger charge is -2.23. The summed E-state index contributed by atoms with van der Waals surface area (Å²) in [6, 6.07) is 16.7. The predicted octanol–water partition coefficient (Wildman–Crippen LogP) is 2.41. The molecule has 3 rings (SSSR count). The standard InChI is InChI=1S/C30H37N3O7/c1-21-19-39-29(37)26(33-30(38)40-20-23-12-6-3-7-13-23)15-9-8-14-24(28(36)31-21)17-27(35)32-25(18-34)16-22-10-4-2-5-11-22/h2-13,21,24-26,34H,14-20H2,1H3,(H,31,36)(H,32,35)(H,33,38)/t21-,24+,25-,26+/m0/s1. The largest absolute Gasteiger partial charge is 0.462 e. The Morgan fingerprint density at radius 2 is 1.68 bits per heavy atom. The highest BCUT2D eigenvalue weighted by Gasteiger charge is 2.27. The first-order valence-electron chi connectivity index (χ1n) is 13.4. The van der Waals surface area contributed by atoms with Crippen molar-refractivity contribution in [3.05, 3.63) is 83.9 Å². The van der Waals surface area contributed by atoms with Crippen LogP contribution in [0, 0.1) is 5.92 Å². The van der Waals surface area contributed by atoms with Crippen LogP contribution in [0.5, 0.6) is 0 Å². The molecule has 0 aliphatic carbocycles. The van der Waals surface area contributed by atoms with Gasteiger partial charge in [-0.15, -0.1) is 0 Å². The van der Waals surface area contributed by atoms with Gasteiger partial charge >= 0.3 is 12.1 Å². The van der Waals surface area contributed by atoms with Gasteiger partial charge in [-0.3, -0.25) is 9.59 Å². The van der Waals surface area contributed by atoms with E-state index in [9.17, 15) is 24.3 Å². The summed E-state index contributed by atoms with van der Waals surface area (Å²) in [5, 5.41) is 17.9. The summed E-state index contributed by atoms with van der Waals surface area (Å²) in [6.07, 6.45) is 3.36. The molecule has 4 atom stereocenters. The van der Waals surface area contributed by atoms with E-state index < -0.39 is 36.1 Å². The monoisotopic (exact) mass is 551 g/mol. The van der Waals surface area contributed by atoms with E-state index in [0.717, 1.165) is 11.1 Å². The van der Waals surface area contributed by atoms with Crippen LogP contribution in [0.1, 0.15) is 37.3 Å². The van der Waals surface area contributed by atoms with Crippen molar-refractivity contribution in [2.24, 2.45) is 5.92 Å². The summed E-state index contributed by atoms with van der Waals surface area (Å²) in [5.74, 6) is -2.01. The molecule has 1 heterocycles. The number of nitrogens with one attached hydrogen (secondary N) is 3. The second kappa shape index (κ2) is 16.0. The van der Waals surface area contributed by atoms with Crippen molar-refractivity contribution in [3.8, 4) is 0 Å². The molecule has 0 bridgehead atoms. The van der Waals surface area contributed by atoms with Crippen LogP contribution in [0.25, 0.3) is 0 Å². The second-order valence-electron chi connectivity index (χ2n) is 9.78. The maximum atomic E-state index is 12.9. The van der Waals surface area contributed by atoms with Gasteiger partial charge in [-0.05, 0) is 37.3 Å². The molecule has 2 aromatic rings. The number of hydrogen-bond donors (Lipinski definition) is 4. The zero-order chi connectivity index (χ0) is 28.7. The van der Waals surface area contributed by atoms with Crippen molar-refractivity contribution in [1.29, 1.82) is 0 Å². The van der Waals surface area contributed by atoms with E-state index >= 15 is 0 Å². The minimum absolute atomic E-state index is 0.0551. The first-order valence-corrected chi connectivity index (χ1v) is 13.4. The predicted molar refractivity (Wildman–Crippen MR) is 148 cm³/mol. The van der Waals surface area contributed by atoms with Gasteiger partial charge in [-0.25, -0.2) is 9.59 Å². The van der Waals surface area contributed by atoms with Gasteiger partial charge in [-0.2, -0.15) is 0 Å². The molecule has 4 N–H and O–H groups in total. The normalized spacial score (nSPS) is 20.6. The minimum Gasteiger partial charge on any atom is -0.462 e. The van der Waals surface area contributed by atoms with Gasteiger partial charge in [0.1, 0.15) is 19.3 Å². The number of esters is 1. The van der Waals surface area contributed by atoms with E-state index in [4.69, 9.17) is 9.47 Å². The average molecular weight is 552 g/mol. The Hall–Kier alpha value is -4.18. The lowest BCUT2D eigenvalue weighted by Crippen LogP contribution is -2.46. The molecule has 10 nitrogen and oxygen atoms in total. The number of rotatable bonds is 9. The Kier molecular flexibility index (Phi) is 12.2. The molecule has 0 radical (unpaired) electrons. The smallest absolute Gasteiger partial charge is 0.408 e. The summed E-state index contributed by atoms with van der Waals surface area (Å²) in [6.45, 7) is 1.40. The number of alkyl carbamates (subject to hydrolysis) is 1. The van der Waals surface area contributed by atoms with Crippen molar-refractivity contribution in [3.63, 3.8) is 0 Å². The number of hydrogen-bond acceptors (Lipinski definition) is 7. The van der Waals surface area contributed by atoms with E-state index in [1.165, 1.54) is 0 Å². The molecule has 0 saturated heterocycles. The van der Waals surface area contributed by atoms with Crippen LogP contribution >= 0.6 is 0 Å². The van der Waals surface area contributed by atoms with Crippen LogP contribution in [0.3, 0.4) is 0 Å². The number of benzene rings is 2. The molecule has 3 amide bonds. The fraction of sp³-hybridized carbons (Fsp3) is 0.400. The van der Waals surface area contributed by atoms with E-state index in [2.05, 4.69) is 16.0 Å². The summed E-state index contributed by atoms with van der Waals surface area (Å²) in [4.78, 5) is 50.7. The van der Waals surface area contributed by atoms with E-state index in [0.29, 0.717) is 6.42 Å². The fourth-order valence-corrected chi connectivity index (χ4v) is 4.18. The van der Waals surface area contributed by atoms with Crippen molar-refractivity contribution in [1.82, 2.24) is 16.0 Å². The van der Waals surface area contributed by atoms with Crippen LogP contribution in [0.2, 0.25) is 0 Å². The Labute approximate surface area is 234 Å². The molecule has 40 heavy (non-hydrogen) atoms. The maximum Gasteiger partial charge on any atom is 0.408 e. The zero-order valence-electron chi connectivity index (χ0n) is 22.6. The molecule has 1 aliphatic heterocycles. The Balaban J connectivity index is 1.58. The van der Waals surface area contributed by atoms with Crippen molar-refractivity contribution < 1.29 is 33.8 Å². The quantitative estimate of drug-likeness (QED) is 0.277. The fourth-order valence-electron chi connectivity index (χ4n) is 4.18. The summed E-state index contributed by atoms with van der Waals surface area (Å²) < 4.78 is 10.6. The number of cyclic esters (lactones) is 1. The Morgan fingerprint density at radius 1 is 1.02 bits per heavy atom. The number of amides is 3. The third-order valence-electron chi connectivity index (χ3n) is 6.33. The molecule has 0 saturated carbocycles. The molecule has 0 aromatic heterocycles. The van der Waals surface area contributed by atoms with Crippen LogP contribution in [0.4, 0.5) is 4.79 Å². The molecule has 2 aromatic carbocycles. The van der Waals surface area contributed by atoms with Crippen LogP contribution < -0.4 is 16.0 Å². The minimum atomic E-state index is -0.980. The number of allylic oxidation sites excluding steroid dienone is 1. The average Bonchev–Trinajstić information content (AvgIpc) is 2.95. The first kappa shape index (κ1) is 30.4. The summed E-state index contributed by atoms with van der Waals surface area (Å²) in [7, 11) is 0. The number of aliphatic hydroxyl groups excluding tert-OH is 1. The maximum absolute atomic E-state index is 12.9. The summed E-state index contributed by atoms with van der Waals surface area (Å²) in [5.41, 5.74) is 1.79. The van der Waals surface area contributed by atoms with E-state index in [1.54, 1.807) is 19.1 Å². The topological polar surface area (TPSA) is 143 Å². The van der Waals surface area contributed by atoms with E-state index in [1.807, 2.05) is 60.7 Å². The van der Waals surface area contributed by atoms with Crippen LogP contribution in [-0.4, -0.2) is 60.3 Å². The highest BCUT2D eigenvalue weighted by molar-refractivity contribution is 5.86. The Bertz CT molecular complexity index is 1140. The first-order chi connectivity index (χ1) is 19.3. The van der Waals surface area contributed by atoms with Gasteiger partial charge in [-0.1, -0.05) is 72.8 Å². The number of ether oxygens (including phenoxy) is 2. The molecule has 0 spiro atoms. The highest BCUT2D eigenvalue weighted by Crippen LogP contribution is 2.14.